The maximum atomic E-state index is 4.52. The summed E-state index contributed by atoms with van der Waals surface area (Å²) in [5.74, 6) is 0.862. The van der Waals surface area contributed by atoms with E-state index in [9.17, 15) is 0 Å². The largest absolute Gasteiger partial charge is 0.364 e. The van der Waals surface area contributed by atoms with Crippen molar-refractivity contribution in [3.05, 3.63) is 23.2 Å². The number of aromatic nitrogens is 3. The van der Waals surface area contributed by atoms with E-state index in [0.717, 1.165) is 35.5 Å². The summed E-state index contributed by atoms with van der Waals surface area (Å²) in [5.41, 5.74) is 0.884. The smallest absolute Gasteiger partial charge is 0.180 e. The maximum absolute atomic E-state index is 4.52. The molecule has 1 fully saturated rings. The maximum Gasteiger partial charge on any atom is 0.180 e. The third kappa shape index (κ3) is 2.60. The van der Waals surface area contributed by atoms with Gasteiger partial charge in [-0.25, -0.2) is 9.97 Å². The zero-order valence-electron chi connectivity index (χ0n) is 11.2. The average molecular weight is 324 g/mol. The number of nitrogens with one attached hydrogen (secondary N) is 1. The summed E-state index contributed by atoms with van der Waals surface area (Å²) in [6, 6.07) is 1.07. The first-order valence-electron chi connectivity index (χ1n) is 6.59. The molecule has 6 heteroatoms. The van der Waals surface area contributed by atoms with Crippen LogP contribution in [0.3, 0.4) is 0 Å². The molecule has 3 heterocycles. The molecule has 1 N–H and O–H groups in total. The number of hydrogen-bond donors (Lipinski definition) is 1. The van der Waals surface area contributed by atoms with E-state index in [1.54, 1.807) is 6.20 Å². The number of nitrogens with zero attached hydrogens (tertiary/aromatic N) is 4. The Balaban J connectivity index is 1.83. The van der Waals surface area contributed by atoms with Crippen molar-refractivity contribution in [2.24, 2.45) is 0 Å². The number of halogens is 1. The second-order valence-electron chi connectivity index (χ2n) is 5.27. The highest BCUT2D eigenvalue weighted by Gasteiger charge is 2.23. The van der Waals surface area contributed by atoms with Gasteiger partial charge in [0.05, 0.1) is 0 Å². The topological polar surface area (TPSA) is 45.5 Å². The molecule has 0 aromatic carbocycles. The molecule has 1 aliphatic heterocycles. The van der Waals surface area contributed by atoms with Gasteiger partial charge in [0, 0.05) is 37.2 Å². The minimum Gasteiger partial charge on any atom is -0.364 e. The Hall–Kier alpha value is -1.14. The average Bonchev–Trinajstić information content (AvgIpc) is 2.82. The Morgan fingerprint density at radius 2 is 2.32 bits per heavy atom. The highest BCUT2D eigenvalue weighted by Crippen LogP contribution is 2.22. The monoisotopic (exact) mass is 323 g/mol. The molecule has 0 amide bonds. The molecule has 5 nitrogen and oxygen atoms in total. The lowest BCUT2D eigenvalue weighted by atomic mass is 9.99. The molecular weight excluding hydrogens is 306 g/mol. The number of imidazole rings is 1. The van der Waals surface area contributed by atoms with Gasteiger partial charge in [-0.15, -0.1) is 0 Å². The molecular formula is C13H18BrN5. The second kappa shape index (κ2) is 5.09. The number of piperidine rings is 1. The predicted octanol–water partition coefficient (Wildman–Crippen LogP) is 2.39. The Kier molecular flexibility index (Phi) is 3.45. The van der Waals surface area contributed by atoms with Gasteiger partial charge in [0.1, 0.15) is 4.60 Å². The molecule has 2 aromatic rings. The molecule has 0 radical (unpaired) electrons. The van der Waals surface area contributed by atoms with Crippen LogP contribution in [0.1, 0.15) is 19.8 Å². The Morgan fingerprint density at radius 1 is 1.47 bits per heavy atom. The van der Waals surface area contributed by atoms with E-state index >= 15 is 0 Å². The van der Waals surface area contributed by atoms with Crippen molar-refractivity contribution in [3.8, 4) is 0 Å². The van der Waals surface area contributed by atoms with E-state index in [1.807, 2.05) is 16.8 Å². The van der Waals surface area contributed by atoms with Crippen LogP contribution < -0.4 is 5.32 Å². The first-order chi connectivity index (χ1) is 9.13. The van der Waals surface area contributed by atoms with E-state index in [-0.39, 0.29) is 0 Å². The minimum atomic E-state index is 0.466. The first-order valence-corrected chi connectivity index (χ1v) is 7.39. The van der Waals surface area contributed by atoms with Crippen LogP contribution in [-0.4, -0.2) is 44.9 Å². The van der Waals surface area contributed by atoms with Crippen molar-refractivity contribution >= 4 is 27.4 Å². The quantitative estimate of drug-likeness (QED) is 0.921. The van der Waals surface area contributed by atoms with Crippen LogP contribution in [-0.2, 0) is 0 Å². The van der Waals surface area contributed by atoms with Crippen molar-refractivity contribution in [3.63, 3.8) is 0 Å². The molecule has 2 unspecified atom stereocenters. The summed E-state index contributed by atoms with van der Waals surface area (Å²) < 4.78 is 2.80. The van der Waals surface area contributed by atoms with E-state index in [4.69, 9.17) is 0 Å². The van der Waals surface area contributed by atoms with Gasteiger partial charge in [-0.1, -0.05) is 0 Å². The summed E-state index contributed by atoms with van der Waals surface area (Å²) in [6.45, 7) is 3.39. The Bertz CT molecular complexity index is 581. The SMILES string of the molecule is CC1CC(Nc2nc(Br)cn3ccnc23)CCN1C. The molecule has 2 atom stereocenters. The van der Waals surface area contributed by atoms with E-state index in [2.05, 4.69) is 50.1 Å². The van der Waals surface area contributed by atoms with Crippen molar-refractivity contribution in [1.82, 2.24) is 19.3 Å². The number of fused-ring (bicyclic) bond motifs is 1. The lowest BCUT2D eigenvalue weighted by molar-refractivity contribution is 0.190. The minimum absolute atomic E-state index is 0.466. The fraction of sp³-hybridized carbons (Fsp3) is 0.538. The molecule has 3 rings (SSSR count). The highest BCUT2D eigenvalue weighted by atomic mass is 79.9. The van der Waals surface area contributed by atoms with Gasteiger partial charge < -0.3 is 14.6 Å². The molecule has 19 heavy (non-hydrogen) atoms. The zero-order valence-corrected chi connectivity index (χ0v) is 12.8. The zero-order chi connectivity index (χ0) is 13.4. The van der Waals surface area contributed by atoms with Crippen molar-refractivity contribution in [2.75, 3.05) is 18.9 Å². The fourth-order valence-corrected chi connectivity index (χ4v) is 3.01. The third-order valence-corrected chi connectivity index (χ3v) is 4.28. The van der Waals surface area contributed by atoms with Crippen LogP contribution in [0, 0.1) is 0 Å². The molecule has 0 spiro atoms. The van der Waals surface area contributed by atoms with Gasteiger partial charge in [0.15, 0.2) is 11.5 Å². The normalized spacial score (nSPS) is 24.8. The lowest BCUT2D eigenvalue weighted by Gasteiger charge is -2.35. The first kappa shape index (κ1) is 12.9. The lowest BCUT2D eigenvalue weighted by Crippen LogP contribution is -2.42. The van der Waals surface area contributed by atoms with Crippen molar-refractivity contribution in [2.45, 2.75) is 31.8 Å². The van der Waals surface area contributed by atoms with Crippen molar-refractivity contribution in [1.29, 1.82) is 0 Å². The number of likely N-dealkylation sites (tertiary alicyclic amines) is 1. The van der Waals surface area contributed by atoms with Crippen LogP contribution in [0.2, 0.25) is 0 Å². The van der Waals surface area contributed by atoms with Gasteiger partial charge in [-0.3, -0.25) is 0 Å². The Labute approximate surface area is 121 Å². The highest BCUT2D eigenvalue weighted by molar-refractivity contribution is 9.10. The standard InChI is InChI=1S/C13H18BrN5/c1-9-7-10(3-5-18(9)2)16-12-13-15-4-6-19(13)8-11(14)17-12/h4,6,8-10H,3,5,7H2,1-2H3,(H,16,17). The fourth-order valence-electron chi connectivity index (χ4n) is 2.61. The molecule has 0 saturated carbocycles. The van der Waals surface area contributed by atoms with Gasteiger partial charge in [0.2, 0.25) is 0 Å². The van der Waals surface area contributed by atoms with Crippen LogP contribution in [0.25, 0.3) is 5.65 Å². The summed E-state index contributed by atoms with van der Waals surface area (Å²) in [5, 5.41) is 3.55. The molecule has 0 aliphatic carbocycles. The third-order valence-electron chi connectivity index (χ3n) is 3.89. The van der Waals surface area contributed by atoms with Crippen LogP contribution in [0.15, 0.2) is 23.2 Å². The molecule has 2 aromatic heterocycles. The van der Waals surface area contributed by atoms with Gasteiger partial charge in [0.25, 0.3) is 0 Å². The number of hydrogen-bond acceptors (Lipinski definition) is 4. The van der Waals surface area contributed by atoms with Gasteiger partial charge in [-0.2, -0.15) is 0 Å². The van der Waals surface area contributed by atoms with Crippen LogP contribution in [0.5, 0.6) is 0 Å². The molecule has 1 saturated heterocycles. The summed E-state index contributed by atoms with van der Waals surface area (Å²) in [6.07, 6.45) is 7.93. The number of anilines is 1. The Morgan fingerprint density at radius 3 is 3.11 bits per heavy atom. The van der Waals surface area contributed by atoms with E-state index in [0.29, 0.717) is 12.1 Å². The van der Waals surface area contributed by atoms with E-state index < -0.39 is 0 Å². The van der Waals surface area contributed by atoms with Gasteiger partial charge >= 0.3 is 0 Å². The van der Waals surface area contributed by atoms with Gasteiger partial charge in [-0.05, 0) is 42.7 Å². The molecule has 0 bridgehead atoms. The number of rotatable bonds is 2. The van der Waals surface area contributed by atoms with Crippen LogP contribution >= 0.6 is 15.9 Å². The summed E-state index contributed by atoms with van der Waals surface area (Å²) in [4.78, 5) is 11.3. The molecule has 102 valence electrons. The summed E-state index contributed by atoms with van der Waals surface area (Å²) >= 11 is 3.45. The second-order valence-corrected chi connectivity index (χ2v) is 6.08. The van der Waals surface area contributed by atoms with Crippen LogP contribution in [0.4, 0.5) is 5.82 Å². The summed E-state index contributed by atoms with van der Waals surface area (Å²) in [7, 11) is 2.19. The van der Waals surface area contributed by atoms with E-state index in [1.165, 1.54) is 0 Å². The molecule has 1 aliphatic rings. The predicted molar refractivity (Wildman–Crippen MR) is 79.4 cm³/mol. The van der Waals surface area contributed by atoms with Crippen molar-refractivity contribution < 1.29 is 0 Å².